The van der Waals surface area contributed by atoms with Gasteiger partial charge in [-0.25, -0.2) is 4.79 Å². The molecule has 102 valence electrons. The Bertz CT molecular complexity index is 353. The van der Waals surface area contributed by atoms with E-state index in [4.69, 9.17) is 22.7 Å². The fourth-order valence-electron chi connectivity index (χ4n) is 2.65. The van der Waals surface area contributed by atoms with Crippen molar-refractivity contribution in [1.29, 1.82) is 0 Å². The molecule has 2 rings (SSSR count). The number of amides is 1. The Morgan fingerprint density at radius 1 is 1.17 bits per heavy atom. The van der Waals surface area contributed by atoms with Crippen molar-refractivity contribution in [3.63, 3.8) is 0 Å². The molecule has 1 amide bonds. The van der Waals surface area contributed by atoms with Crippen LogP contribution in [0.1, 0.15) is 20.8 Å². The number of rotatable bonds is 0. The van der Waals surface area contributed by atoms with Crippen LogP contribution in [0.4, 0.5) is 4.79 Å². The molecule has 18 heavy (non-hydrogen) atoms. The minimum Gasteiger partial charge on any atom is -0.444 e. The van der Waals surface area contributed by atoms with Gasteiger partial charge in [-0.15, -0.1) is 0 Å². The van der Waals surface area contributed by atoms with E-state index < -0.39 is 5.60 Å². The number of carbonyl (C=O) groups is 1. The first-order chi connectivity index (χ1) is 8.26. The third kappa shape index (κ3) is 2.85. The van der Waals surface area contributed by atoms with Crippen LogP contribution in [0.3, 0.4) is 0 Å². The van der Waals surface area contributed by atoms with Gasteiger partial charge in [-0.05, 0) is 33.0 Å². The molecule has 0 aromatic rings. The number of hydrogen-bond acceptors (Lipinski definition) is 3. The van der Waals surface area contributed by atoms with E-state index >= 15 is 0 Å². The second-order valence-electron chi connectivity index (χ2n) is 6.15. The number of fused-ring (bicyclic) bond motifs is 1. The maximum atomic E-state index is 11.9. The first-order valence-corrected chi connectivity index (χ1v) is 6.69. The Balaban J connectivity index is 1.89. The van der Waals surface area contributed by atoms with E-state index in [2.05, 4.69) is 0 Å². The minimum atomic E-state index is -0.431. The minimum absolute atomic E-state index is 0.209. The zero-order valence-corrected chi connectivity index (χ0v) is 12.0. The predicted octanol–water partition coefficient (Wildman–Crippen LogP) is 1.03. The zero-order chi connectivity index (χ0) is 13.5. The SMILES string of the molecule is CC(C)(C)OC(=O)N1CC2CN(C(N)=S)CC2C1. The molecule has 2 atom stereocenters. The van der Waals surface area contributed by atoms with Gasteiger partial charge in [0.2, 0.25) is 0 Å². The molecule has 2 aliphatic heterocycles. The average molecular weight is 271 g/mol. The lowest BCUT2D eigenvalue weighted by Gasteiger charge is -2.26. The van der Waals surface area contributed by atoms with Gasteiger partial charge in [0.05, 0.1) is 0 Å². The van der Waals surface area contributed by atoms with Gasteiger partial charge in [0.1, 0.15) is 5.60 Å². The number of thiocarbonyl (C=S) groups is 1. The van der Waals surface area contributed by atoms with Crippen LogP contribution in [-0.2, 0) is 4.74 Å². The maximum Gasteiger partial charge on any atom is 0.410 e. The molecule has 0 spiro atoms. The van der Waals surface area contributed by atoms with Crippen molar-refractivity contribution < 1.29 is 9.53 Å². The molecule has 2 aliphatic rings. The molecule has 5 nitrogen and oxygen atoms in total. The fraction of sp³-hybridized carbons (Fsp3) is 0.833. The summed E-state index contributed by atoms with van der Waals surface area (Å²) in [5, 5.41) is 0.466. The molecular weight excluding hydrogens is 250 g/mol. The number of nitrogens with zero attached hydrogens (tertiary/aromatic N) is 2. The first-order valence-electron chi connectivity index (χ1n) is 6.28. The summed E-state index contributed by atoms with van der Waals surface area (Å²) in [6.45, 7) is 8.87. The van der Waals surface area contributed by atoms with Crippen molar-refractivity contribution in [3.05, 3.63) is 0 Å². The number of hydrogen-bond donors (Lipinski definition) is 1. The highest BCUT2D eigenvalue weighted by molar-refractivity contribution is 7.80. The largest absolute Gasteiger partial charge is 0.444 e. The molecule has 2 heterocycles. The molecule has 0 radical (unpaired) electrons. The van der Waals surface area contributed by atoms with Crippen molar-refractivity contribution in [2.75, 3.05) is 26.2 Å². The van der Waals surface area contributed by atoms with E-state index in [1.807, 2.05) is 25.7 Å². The highest BCUT2D eigenvalue weighted by Crippen LogP contribution is 2.31. The standard InChI is InChI=1S/C12H21N3O2S/c1-12(2,3)17-11(16)15-6-8-4-14(10(13)18)5-9(8)7-15/h8-9H,4-7H2,1-3H3,(H2,13,18). The Morgan fingerprint density at radius 3 is 2.00 bits per heavy atom. The molecule has 2 unspecified atom stereocenters. The third-order valence-electron chi connectivity index (χ3n) is 3.45. The molecular formula is C12H21N3O2S. The van der Waals surface area contributed by atoms with Gasteiger partial charge >= 0.3 is 6.09 Å². The Kier molecular flexibility index (Phi) is 3.40. The maximum absolute atomic E-state index is 11.9. The Hall–Kier alpha value is -1.04. The zero-order valence-electron chi connectivity index (χ0n) is 11.2. The van der Waals surface area contributed by atoms with Crippen LogP contribution < -0.4 is 5.73 Å². The topological polar surface area (TPSA) is 58.8 Å². The Labute approximate surface area is 113 Å². The quantitative estimate of drug-likeness (QED) is 0.667. The summed E-state index contributed by atoms with van der Waals surface area (Å²) >= 11 is 4.98. The van der Waals surface area contributed by atoms with Gasteiger partial charge < -0.3 is 20.3 Å². The van der Waals surface area contributed by atoms with Gasteiger partial charge in [0, 0.05) is 38.0 Å². The van der Waals surface area contributed by atoms with Crippen LogP contribution in [0.2, 0.25) is 0 Å². The molecule has 6 heteroatoms. The summed E-state index contributed by atoms with van der Waals surface area (Å²) in [7, 11) is 0. The predicted molar refractivity (Wildman–Crippen MR) is 73.1 cm³/mol. The molecule has 0 bridgehead atoms. The summed E-state index contributed by atoms with van der Waals surface area (Å²) in [6, 6.07) is 0. The number of ether oxygens (including phenoxy) is 1. The van der Waals surface area contributed by atoms with Crippen LogP contribution in [0.25, 0.3) is 0 Å². The smallest absolute Gasteiger partial charge is 0.410 e. The van der Waals surface area contributed by atoms with Gasteiger partial charge in [-0.1, -0.05) is 0 Å². The van der Waals surface area contributed by atoms with Crippen molar-refractivity contribution >= 4 is 23.4 Å². The summed E-state index contributed by atoms with van der Waals surface area (Å²) in [4.78, 5) is 15.8. The highest BCUT2D eigenvalue weighted by atomic mass is 32.1. The second kappa shape index (κ2) is 4.57. The van der Waals surface area contributed by atoms with Crippen molar-refractivity contribution in [2.24, 2.45) is 17.6 Å². The first kappa shape index (κ1) is 13.4. The lowest BCUT2D eigenvalue weighted by molar-refractivity contribution is 0.0278. The number of carbonyl (C=O) groups excluding carboxylic acids is 1. The van der Waals surface area contributed by atoms with Gasteiger partial charge in [-0.2, -0.15) is 0 Å². The van der Waals surface area contributed by atoms with Crippen LogP contribution in [0, 0.1) is 11.8 Å². The van der Waals surface area contributed by atoms with Crippen LogP contribution >= 0.6 is 12.2 Å². The molecule has 2 saturated heterocycles. The van der Waals surface area contributed by atoms with E-state index in [-0.39, 0.29) is 6.09 Å². The van der Waals surface area contributed by atoms with E-state index in [9.17, 15) is 4.79 Å². The molecule has 2 fully saturated rings. The molecule has 2 N–H and O–H groups in total. The lowest BCUT2D eigenvalue weighted by Crippen LogP contribution is -2.39. The molecule has 0 aromatic heterocycles. The lowest BCUT2D eigenvalue weighted by atomic mass is 10.0. The summed E-state index contributed by atoms with van der Waals surface area (Å²) in [6.07, 6.45) is -0.209. The third-order valence-corrected chi connectivity index (χ3v) is 3.71. The fourth-order valence-corrected chi connectivity index (χ4v) is 2.80. The molecule has 0 aromatic carbocycles. The van der Waals surface area contributed by atoms with E-state index in [1.54, 1.807) is 4.90 Å². The van der Waals surface area contributed by atoms with Crippen LogP contribution in [0.5, 0.6) is 0 Å². The Morgan fingerprint density at radius 2 is 1.61 bits per heavy atom. The van der Waals surface area contributed by atoms with Crippen molar-refractivity contribution in [1.82, 2.24) is 9.80 Å². The van der Waals surface area contributed by atoms with Crippen LogP contribution in [-0.4, -0.2) is 52.8 Å². The van der Waals surface area contributed by atoms with Gasteiger partial charge in [0.25, 0.3) is 0 Å². The van der Waals surface area contributed by atoms with E-state index in [0.717, 1.165) is 26.2 Å². The van der Waals surface area contributed by atoms with Crippen molar-refractivity contribution in [3.8, 4) is 0 Å². The number of likely N-dealkylation sites (tertiary alicyclic amines) is 2. The summed E-state index contributed by atoms with van der Waals surface area (Å²) < 4.78 is 5.38. The second-order valence-corrected chi connectivity index (χ2v) is 6.57. The van der Waals surface area contributed by atoms with Crippen molar-refractivity contribution in [2.45, 2.75) is 26.4 Å². The highest BCUT2D eigenvalue weighted by Gasteiger charge is 2.42. The summed E-state index contributed by atoms with van der Waals surface area (Å²) in [5.74, 6) is 0.943. The normalized spacial score (nSPS) is 27.3. The monoisotopic (exact) mass is 271 g/mol. The molecule has 0 saturated carbocycles. The van der Waals surface area contributed by atoms with Gasteiger partial charge in [0.15, 0.2) is 5.11 Å². The van der Waals surface area contributed by atoms with Gasteiger partial charge in [-0.3, -0.25) is 0 Å². The summed E-state index contributed by atoms with van der Waals surface area (Å²) in [5.41, 5.74) is 5.20. The van der Waals surface area contributed by atoms with E-state index in [1.165, 1.54) is 0 Å². The average Bonchev–Trinajstić information content (AvgIpc) is 2.69. The van der Waals surface area contributed by atoms with E-state index in [0.29, 0.717) is 16.9 Å². The molecule has 0 aliphatic carbocycles. The number of nitrogens with two attached hydrogens (primary N) is 1. The van der Waals surface area contributed by atoms with Crippen LogP contribution in [0.15, 0.2) is 0 Å².